The van der Waals surface area contributed by atoms with E-state index in [0.29, 0.717) is 59.0 Å². The number of aromatic nitrogens is 1. The van der Waals surface area contributed by atoms with E-state index >= 15 is 0 Å². The number of rotatable bonds is 19. The number of nitrogens with zero attached hydrogens (tertiary/aromatic N) is 2. The normalized spacial score (nSPS) is 19.1. The van der Waals surface area contributed by atoms with Gasteiger partial charge in [-0.2, -0.15) is 0 Å². The molecule has 1 unspecified atom stereocenters. The molecule has 63 heavy (non-hydrogen) atoms. The Labute approximate surface area is 373 Å². The molecule has 1 saturated heterocycles. The molecule has 1 aromatic heterocycles. The first kappa shape index (κ1) is 46.4. The lowest BCUT2D eigenvalue weighted by atomic mass is 10.1. The molecule has 15 heteroatoms. The fourth-order valence-corrected chi connectivity index (χ4v) is 8.34. The first-order valence-corrected chi connectivity index (χ1v) is 22.1. The van der Waals surface area contributed by atoms with Gasteiger partial charge in [0.15, 0.2) is 0 Å². The predicted molar refractivity (Wildman–Crippen MR) is 242 cm³/mol. The number of likely N-dealkylation sites (tertiary alicyclic amines) is 1. The number of para-hydroxylation sites is 1. The van der Waals surface area contributed by atoms with E-state index in [1.54, 1.807) is 58.2 Å². The van der Waals surface area contributed by atoms with Gasteiger partial charge in [-0.25, -0.2) is 9.78 Å². The molecule has 3 N–H and O–H groups in total. The molecule has 14 nitrogen and oxygen atoms in total. The summed E-state index contributed by atoms with van der Waals surface area (Å²) in [7, 11) is 2.97. The number of hydrogen-bond acceptors (Lipinski definition) is 11. The third-order valence-corrected chi connectivity index (χ3v) is 11.9. The molecule has 4 amide bonds. The van der Waals surface area contributed by atoms with Gasteiger partial charge in [0, 0.05) is 48.3 Å². The van der Waals surface area contributed by atoms with Crippen molar-refractivity contribution in [3.63, 3.8) is 0 Å². The lowest BCUT2D eigenvalue weighted by Gasteiger charge is -2.29. The van der Waals surface area contributed by atoms with E-state index in [1.807, 2.05) is 54.6 Å². The fourth-order valence-electron chi connectivity index (χ4n) is 7.58. The minimum atomic E-state index is -1.32. The Morgan fingerprint density at radius 2 is 1.63 bits per heavy atom. The van der Waals surface area contributed by atoms with Crippen LogP contribution in [0.15, 0.2) is 96.4 Å². The lowest BCUT2D eigenvalue weighted by molar-refractivity contribution is -0.140. The molecule has 0 radical (unpaired) electrons. The molecular formula is C48H57N5O9S. The van der Waals surface area contributed by atoms with Crippen LogP contribution in [0, 0.1) is 5.92 Å². The van der Waals surface area contributed by atoms with E-state index in [-0.39, 0.29) is 30.8 Å². The molecule has 1 aliphatic heterocycles. The molecule has 2 aliphatic rings. The van der Waals surface area contributed by atoms with Crippen LogP contribution < -0.4 is 24.8 Å². The van der Waals surface area contributed by atoms with Gasteiger partial charge in [-0.05, 0) is 76.2 Å². The van der Waals surface area contributed by atoms with E-state index in [4.69, 9.17) is 19.2 Å². The molecule has 334 valence electrons. The second-order valence-electron chi connectivity index (χ2n) is 16.8. The first-order valence-electron chi connectivity index (χ1n) is 21.3. The number of unbranched alkanes of at least 4 members (excludes halogenated alkanes) is 4. The SMILES string of the molecule is C=C[C@@H]1C[C@]1(NC(=O)C1C[C@@H](Oc2cc(-c3ccccc3)nc3cc(OC)ccc23)CN1C(=O)OC(C)(C)C)C(=O)NSc1ccccc1NC(=O)CCCCCCCC(=O)OC. The third kappa shape index (κ3) is 12.1. The van der Waals surface area contributed by atoms with Crippen LogP contribution in [0.5, 0.6) is 11.5 Å². The third-order valence-electron chi connectivity index (χ3n) is 11.0. The predicted octanol–water partition coefficient (Wildman–Crippen LogP) is 8.39. The molecule has 4 atom stereocenters. The maximum Gasteiger partial charge on any atom is 0.411 e. The summed E-state index contributed by atoms with van der Waals surface area (Å²) < 4.78 is 25.5. The van der Waals surface area contributed by atoms with Gasteiger partial charge in [0.1, 0.15) is 34.8 Å². The highest BCUT2D eigenvalue weighted by atomic mass is 32.2. The zero-order valence-corrected chi connectivity index (χ0v) is 37.4. The van der Waals surface area contributed by atoms with Gasteiger partial charge in [-0.3, -0.25) is 28.8 Å². The molecule has 0 spiro atoms. The largest absolute Gasteiger partial charge is 0.497 e. The Kier molecular flexibility index (Phi) is 15.4. The van der Waals surface area contributed by atoms with E-state index in [2.05, 4.69) is 26.7 Å². The number of carbonyl (C=O) groups excluding carboxylic acids is 5. The van der Waals surface area contributed by atoms with Crippen molar-refractivity contribution in [2.24, 2.45) is 5.92 Å². The van der Waals surface area contributed by atoms with Crippen molar-refractivity contribution in [3.05, 3.63) is 91.5 Å². The summed E-state index contributed by atoms with van der Waals surface area (Å²) in [4.78, 5) is 73.2. The summed E-state index contributed by atoms with van der Waals surface area (Å²) in [5.74, 6) is -0.538. The molecule has 6 rings (SSSR count). The van der Waals surface area contributed by atoms with Crippen molar-refractivity contribution in [3.8, 4) is 22.8 Å². The summed E-state index contributed by atoms with van der Waals surface area (Å²) in [6, 6.07) is 23.2. The summed E-state index contributed by atoms with van der Waals surface area (Å²) in [5.41, 5.74) is 0.606. The van der Waals surface area contributed by atoms with Crippen LogP contribution in [0.25, 0.3) is 22.2 Å². The van der Waals surface area contributed by atoms with Crippen molar-refractivity contribution >= 4 is 58.3 Å². The van der Waals surface area contributed by atoms with Crippen LogP contribution in [0.1, 0.15) is 78.6 Å². The second-order valence-corrected chi connectivity index (χ2v) is 17.7. The Hall–Kier alpha value is -6.09. The topological polar surface area (TPSA) is 174 Å². The van der Waals surface area contributed by atoms with E-state index in [0.717, 1.165) is 48.6 Å². The monoisotopic (exact) mass is 879 g/mol. The Balaban J connectivity index is 1.13. The molecule has 1 saturated carbocycles. The van der Waals surface area contributed by atoms with Crippen LogP contribution >= 0.6 is 11.9 Å². The highest BCUT2D eigenvalue weighted by Crippen LogP contribution is 2.46. The van der Waals surface area contributed by atoms with Crippen molar-refractivity contribution in [1.82, 2.24) is 19.9 Å². The van der Waals surface area contributed by atoms with Gasteiger partial charge in [0.05, 0.1) is 42.6 Å². The second kappa shape index (κ2) is 20.9. The van der Waals surface area contributed by atoms with Gasteiger partial charge >= 0.3 is 12.1 Å². The van der Waals surface area contributed by atoms with Crippen molar-refractivity contribution in [1.29, 1.82) is 0 Å². The number of pyridine rings is 1. The first-order chi connectivity index (χ1) is 30.2. The summed E-state index contributed by atoms with van der Waals surface area (Å²) in [6.07, 6.45) is 5.61. The summed E-state index contributed by atoms with van der Waals surface area (Å²) in [6.45, 7) is 9.23. The van der Waals surface area contributed by atoms with Gasteiger partial charge in [-0.1, -0.05) is 67.8 Å². The molecule has 3 aromatic carbocycles. The molecular weight excluding hydrogens is 823 g/mol. The Morgan fingerprint density at radius 3 is 2.33 bits per heavy atom. The summed E-state index contributed by atoms with van der Waals surface area (Å²) in [5, 5.41) is 6.67. The maximum absolute atomic E-state index is 14.4. The fraction of sp³-hybridized carbons (Fsp3) is 0.417. The number of amides is 4. The number of nitrogens with one attached hydrogen (secondary N) is 3. The van der Waals surface area contributed by atoms with Crippen LogP contribution in [-0.4, -0.2) is 83.7 Å². The molecule has 1 aliphatic carbocycles. The van der Waals surface area contributed by atoms with Gasteiger partial charge in [-0.15, -0.1) is 6.58 Å². The quantitative estimate of drug-likeness (QED) is 0.0357. The number of ether oxygens (including phenoxy) is 4. The summed E-state index contributed by atoms with van der Waals surface area (Å²) >= 11 is 1.04. The number of fused-ring (bicyclic) bond motifs is 1. The van der Waals surface area contributed by atoms with E-state index in [9.17, 15) is 24.0 Å². The van der Waals surface area contributed by atoms with E-state index < -0.39 is 41.2 Å². The van der Waals surface area contributed by atoms with Gasteiger partial charge < -0.3 is 29.6 Å². The number of methoxy groups -OCH3 is 2. The van der Waals surface area contributed by atoms with Crippen LogP contribution in [-0.2, 0) is 28.7 Å². The molecule has 2 fully saturated rings. The standard InChI is InChI=1S/C48H57N5O9S/c1-7-32-29-48(32,45(57)52-63-41-21-17-16-20-36(41)50-42(54)22-14-9-8-10-15-23-43(55)60-6)51-44(56)39-27-34(30-53(39)46(58)62-47(2,3)4)61-40-28-37(31-18-12-11-13-19-31)49-38-26-33(59-5)24-25-35(38)40/h7,11-13,16-21,24-26,28,32,34,39H,1,8-10,14-15,22-23,27,29-30H2,2-6H3,(H,50,54)(H,51,56)(H,52,57)/t32-,34-,39?,48-/m1/s1. The maximum atomic E-state index is 14.4. The molecule has 2 heterocycles. The number of carbonyl (C=O) groups is 5. The number of benzene rings is 3. The zero-order chi connectivity index (χ0) is 45.1. The Morgan fingerprint density at radius 1 is 0.921 bits per heavy atom. The van der Waals surface area contributed by atoms with Gasteiger partial charge in [0.2, 0.25) is 11.8 Å². The average molecular weight is 880 g/mol. The molecule has 4 aromatic rings. The lowest BCUT2D eigenvalue weighted by Crippen LogP contribution is -2.55. The number of esters is 1. The van der Waals surface area contributed by atoms with Crippen molar-refractivity contribution < 1.29 is 42.9 Å². The van der Waals surface area contributed by atoms with Crippen LogP contribution in [0.3, 0.4) is 0 Å². The molecule has 0 bridgehead atoms. The van der Waals surface area contributed by atoms with Crippen LogP contribution in [0.2, 0.25) is 0 Å². The average Bonchev–Trinajstić information content (AvgIpc) is 3.82. The van der Waals surface area contributed by atoms with E-state index in [1.165, 1.54) is 12.0 Å². The minimum Gasteiger partial charge on any atom is -0.497 e. The highest BCUT2D eigenvalue weighted by molar-refractivity contribution is 7.98. The highest BCUT2D eigenvalue weighted by Gasteiger charge is 2.61. The van der Waals surface area contributed by atoms with Crippen molar-refractivity contribution in [2.75, 3.05) is 26.1 Å². The zero-order valence-electron chi connectivity index (χ0n) is 36.6. The van der Waals surface area contributed by atoms with Crippen molar-refractivity contribution in [2.45, 2.75) is 107 Å². The minimum absolute atomic E-state index is 0.0487. The number of anilines is 1. The van der Waals surface area contributed by atoms with Gasteiger partial charge in [0.25, 0.3) is 5.91 Å². The number of hydrogen-bond donors (Lipinski definition) is 3. The Bertz CT molecular complexity index is 2300. The van der Waals surface area contributed by atoms with Crippen LogP contribution in [0.4, 0.5) is 10.5 Å². The smallest absolute Gasteiger partial charge is 0.411 e.